The van der Waals surface area contributed by atoms with E-state index < -0.39 is 7.14 Å². The van der Waals surface area contributed by atoms with E-state index in [-0.39, 0.29) is 11.1 Å². The van der Waals surface area contributed by atoms with E-state index in [0.717, 1.165) is 23.5 Å². The van der Waals surface area contributed by atoms with Crippen LogP contribution in [0.5, 0.6) is 0 Å². The maximum atomic E-state index is 15.2. The van der Waals surface area contributed by atoms with E-state index in [1.807, 2.05) is 36.4 Å². The average molecular weight is 403 g/mol. The second kappa shape index (κ2) is 7.44. The molecule has 2 heteroatoms. The Bertz CT molecular complexity index is 958. The van der Waals surface area contributed by atoms with Gasteiger partial charge in [0.25, 0.3) is 0 Å². The van der Waals surface area contributed by atoms with E-state index >= 15 is 4.57 Å². The third-order valence-corrected chi connectivity index (χ3v) is 11.3. The lowest BCUT2D eigenvalue weighted by atomic mass is 9.62. The minimum atomic E-state index is -2.83. The van der Waals surface area contributed by atoms with Gasteiger partial charge in [-0.25, -0.2) is 0 Å². The first-order valence-corrected chi connectivity index (χ1v) is 13.1. The predicted molar refractivity (Wildman–Crippen MR) is 124 cm³/mol. The molecule has 0 saturated heterocycles. The molecule has 1 nitrogen and oxygen atoms in total. The Kier molecular flexibility index (Phi) is 4.91. The van der Waals surface area contributed by atoms with Crippen molar-refractivity contribution in [2.24, 2.45) is 5.41 Å². The third-order valence-electron chi connectivity index (χ3n) is 7.62. The summed E-state index contributed by atoms with van der Waals surface area (Å²) in [6, 6.07) is 20.6. The number of allylic oxidation sites excluding steroid dienone is 4. The van der Waals surface area contributed by atoms with E-state index in [1.54, 1.807) is 11.1 Å². The highest BCUT2D eigenvalue weighted by Gasteiger charge is 2.51. The van der Waals surface area contributed by atoms with Crippen LogP contribution in [0.25, 0.3) is 0 Å². The Morgan fingerprint density at radius 3 is 2.03 bits per heavy atom. The molecule has 0 heterocycles. The summed E-state index contributed by atoms with van der Waals surface area (Å²) in [5.41, 5.74) is 4.88. The maximum absolute atomic E-state index is 15.2. The van der Waals surface area contributed by atoms with Gasteiger partial charge in [0.05, 0.1) is 0 Å². The van der Waals surface area contributed by atoms with E-state index in [9.17, 15) is 0 Å². The largest absolute Gasteiger partial charge is 0.313 e. The van der Waals surface area contributed by atoms with Gasteiger partial charge < -0.3 is 4.57 Å². The van der Waals surface area contributed by atoms with E-state index in [2.05, 4.69) is 37.3 Å². The number of rotatable bonds is 3. The van der Waals surface area contributed by atoms with Gasteiger partial charge in [0.15, 0.2) is 7.14 Å². The first-order valence-electron chi connectivity index (χ1n) is 11.3. The molecule has 2 aromatic rings. The fourth-order valence-electron chi connectivity index (χ4n) is 6.16. The zero-order chi connectivity index (χ0) is 19.9. The van der Waals surface area contributed by atoms with Gasteiger partial charge in [0.1, 0.15) is 0 Å². The van der Waals surface area contributed by atoms with Crippen molar-refractivity contribution in [3.8, 4) is 0 Å². The highest BCUT2D eigenvalue weighted by molar-refractivity contribution is 7.79. The number of fused-ring (bicyclic) bond motifs is 2. The van der Waals surface area contributed by atoms with E-state index in [1.165, 1.54) is 44.1 Å². The molecule has 150 valence electrons. The number of benzene rings is 2. The van der Waals surface area contributed by atoms with Crippen LogP contribution in [0.1, 0.15) is 58.3 Å². The summed E-state index contributed by atoms with van der Waals surface area (Å²) in [6.07, 6.45) is 12.3. The zero-order valence-corrected chi connectivity index (χ0v) is 18.3. The molecule has 3 aliphatic rings. The van der Waals surface area contributed by atoms with Gasteiger partial charge >= 0.3 is 0 Å². The Morgan fingerprint density at radius 2 is 1.38 bits per heavy atom. The van der Waals surface area contributed by atoms with Gasteiger partial charge in [-0.3, -0.25) is 0 Å². The summed E-state index contributed by atoms with van der Waals surface area (Å²) in [5.74, 6) is 0. The fourth-order valence-corrected chi connectivity index (χ4v) is 9.81. The molecule has 0 N–H and O–H groups in total. The molecule has 2 atom stereocenters. The van der Waals surface area contributed by atoms with Crippen LogP contribution in [0.15, 0.2) is 83.5 Å². The molecule has 5 rings (SSSR count). The molecule has 2 fully saturated rings. The quantitative estimate of drug-likeness (QED) is 0.518. The van der Waals surface area contributed by atoms with Crippen LogP contribution in [-0.2, 0) is 4.57 Å². The van der Waals surface area contributed by atoms with Crippen LogP contribution < -0.4 is 10.6 Å². The lowest BCUT2D eigenvalue weighted by Crippen LogP contribution is -2.43. The van der Waals surface area contributed by atoms with Gasteiger partial charge in [-0.15, -0.1) is 0 Å². The highest BCUT2D eigenvalue weighted by Crippen LogP contribution is 2.64. The summed E-state index contributed by atoms with van der Waals surface area (Å²) < 4.78 is 15.2. The van der Waals surface area contributed by atoms with Crippen molar-refractivity contribution in [2.45, 2.75) is 63.9 Å². The lowest BCUT2D eigenvalue weighted by molar-refractivity contribution is 0.297. The summed E-state index contributed by atoms with van der Waals surface area (Å²) in [7, 11) is -2.83. The maximum Gasteiger partial charge on any atom is 0.150 e. The minimum absolute atomic E-state index is 0.00956. The first-order chi connectivity index (χ1) is 14.1. The smallest absolute Gasteiger partial charge is 0.150 e. The van der Waals surface area contributed by atoms with Crippen molar-refractivity contribution < 1.29 is 4.57 Å². The zero-order valence-electron chi connectivity index (χ0n) is 17.4. The molecule has 3 aliphatic carbocycles. The van der Waals surface area contributed by atoms with Gasteiger partial charge in [-0.05, 0) is 56.1 Å². The molecular formula is C27H31OP. The summed E-state index contributed by atoms with van der Waals surface area (Å²) in [5, 5.41) is 2.02. The van der Waals surface area contributed by atoms with E-state index in [4.69, 9.17) is 0 Å². The molecule has 0 amide bonds. The molecule has 0 radical (unpaired) electrons. The van der Waals surface area contributed by atoms with Crippen LogP contribution in [0.4, 0.5) is 0 Å². The van der Waals surface area contributed by atoms with Crippen LogP contribution >= 0.6 is 7.14 Å². The summed E-state index contributed by atoms with van der Waals surface area (Å²) in [4.78, 5) is 0. The lowest BCUT2D eigenvalue weighted by Gasteiger charge is -2.50. The Balaban J connectivity index is 1.75. The molecule has 0 bridgehead atoms. The van der Waals surface area contributed by atoms with Crippen LogP contribution in [0.2, 0.25) is 0 Å². The van der Waals surface area contributed by atoms with Crippen LogP contribution in [0, 0.1) is 5.41 Å². The van der Waals surface area contributed by atoms with Crippen molar-refractivity contribution in [3.63, 3.8) is 0 Å². The van der Waals surface area contributed by atoms with Gasteiger partial charge in [-0.2, -0.15) is 0 Å². The van der Waals surface area contributed by atoms with Crippen molar-refractivity contribution in [2.75, 3.05) is 0 Å². The van der Waals surface area contributed by atoms with Crippen molar-refractivity contribution in [1.82, 2.24) is 0 Å². The second-order valence-electron chi connectivity index (χ2n) is 9.25. The Labute approximate surface area is 175 Å². The molecule has 29 heavy (non-hydrogen) atoms. The van der Waals surface area contributed by atoms with E-state index in [0.29, 0.717) is 0 Å². The summed E-state index contributed by atoms with van der Waals surface area (Å²) >= 11 is 0. The van der Waals surface area contributed by atoms with Crippen molar-refractivity contribution in [3.05, 3.63) is 83.5 Å². The fraction of sp³-hybridized carbons (Fsp3) is 0.407. The average Bonchev–Trinajstić information content (AvgIpc) is 2.79. The number of hydrogen-bond donors (Lipinski definition) is 0. The van der Waals surface area contributed by atoms with Crippen molar-refractivity contribution >= 4 is 17.8 Å². The third kappa shape index (κ3) is 3.01. The SMILES string of the molecule is C[C@@]12CCCCC1=C1CCCCC1=C[C@H]2P(=O)(c1ccccc1)c1ccccc1. The normalized spacial score (nSPS) is 27.1. The Morgan fingerprint density at radius 1 is 0.793 bits per heavy atom. The monoisotopic (exact) mass is 402 g/mol. The van der Waals surface area contributed by atoms with Crippen LogP contribution in [0.3, 0.4) is 0 Å². The molecule has 0 unspecified atom stereocenters. The molecule has 0 aliphatic heterocycles. The first kappa shape index (κ1) is 19.1. The van der Waals surface area contributed by atoms with Gasteiger partial charge in [-0.1, -0.05) is 85.7 Å². The van der Waals surface area contributed by atoms with Crippen LogP contribution in [-0.4, -0.2) is 5.66 Å². The standard InChI is InChI=1S/C27H31OP/c1-27-19-11-10-18-25(27)24-17-9-8-12-21(24)20-26(27)29(28,22-13-4-2-5-14-22)23-15-6-3-7-16-23/h2-7,13-16,20,26H,8-12,17-19H2,1H3/t26-,27-/m1/s1. The minimum Gasteiger partial charge on any atom is -0.313 e. The predicted octanol–water partition coefficient (Wildman–Crippen LogP) is 6.76. The topological polar surface area (TPSA) is 17.1 Å². The molecule has 0 spiro atoms. The number of hydrogen-bond acceptors (Lipinski definition) is 1. The van der Waals surface area contributed by atoms with Crippen molar-refractivity contribution in [1.29, 1.82) is 0 Å². The second-order valence-corrected chi connectivity index (χ2v) is 12.2. The van der Waals surface area contributed by atoms with Gasteiger partial charge in [0.2, 0.25) is 0 Å². The van der Waals surface area contributed by atoms with Gasteiger partial charge in [0, 0.05) is 21.7 Å². The molecule has 2 saturated carbocycles. The Hall–Kier alpha value is -1.85. The molecular weight excluding hydrogens is 371 g/mol. The molecule has 2 aromatic carbocycles. The molecule has 0 aromatic heterocycles. The summed E-state index contributed by atoms with van der Waals surface area (Å²) in [6.45, 7) is 2.43. The highest BCUT2D eigenvalue weighted by atomic mass is 31.2.